The molecule has 1 aromatic rings. The Kier molecular flexibility index (Phi) is 29.8. The van der Waals surface area contributed by atoms with Crippen molar-refractivity contribution in [3.05, 3.63) is 83.5 Å². The molecule has 0 saturated carbocycles. The number of hydrogen-bond donors (Lipinski definition) is 0. The number of hydrogen-bond acceptors (Lipinski definition) is 0. The first kappa shape index (κ1) is 36.6. The minimum absolute atomic E-state index is 0. The summed E-state index contributed by atoms with van der Waals surface area (Å²) in [5.41, 5.74) is 4.10. The Morgan fingerprint density at radius 2 is 1.18 bits per heavy atom. The zero-order chi connectivity index (χ0) is 19.7. The van der Waals surface area contributed by atoms with E-state index in [2.05, 4.69) is 114 Å². The predicted molar refractivity (Wildman–Crippen MR) is 137 cm³/mol. The third-order valence-corrected chi connectivity index (χ3v) is 4.22. The van der Waals surface area contributed by atoms with Crippen LogP contribution in [0.25, 0.3) is 0 Å². The molecule has 1 rings (SSSR count). The molecule has 0 heterocycles. The maximum atomic E-state index is 4.00. The van der Waals surface area contributed by atoms with Crippen molar-refractivity contribution in [2.75, 3.05) is 0 Å². The van der Waals surface area contributed by atoms with Gasteiger partial charge in [-0.05, 0) is 39.7 Å². The Labute approximate surface area is 179 Å². The van der Waals surface area contributed by atoms with Crippen LogP contribution in [0, 0.1) is 12.8 Å². The SMILES string of the molecule is C.C.C.C#C.C/C=C\C=C(/C)C(CC)(/C(C)=C/C=C\C)c1ccccc1.CC. The number of rotatable bonds is 6. The number of benzene rings is 1. The highest BCUT2D eigenvalue weighted by Gasteiger charge is 2.33. The second-order valence-corrected chi connectivity index (χ2v) is 5.38. The first-order valence-electron chi connectivity index (χ1n) is 9.12. The molecule has 1 aromatic carbocycles. The average Bonchev–Trinajstić information content (AvgIpc) is 2.69. The molecule has 0 aliphatic carbocycles. The van der Waals surface area contributed by atoms with Gasteiger partial charge in [-0.1, -0.05) is 121 Å². The predicted octanol–water partition coefficient (Wildman–Crippen LogP) is 9.56. The van der Waals surface area contributed by atoms with Gasteiger partial charge in [0, 0.05) is 5.41 Å². The second-order valence-electron chi connectivity index (χ2n) is 5.38. The highest BCUT2D eigenvalue weighted by molar-refractivity contribution is 5.47. The minimum Gasteiger partial charge on any atom is -0.124 e. The lowest BCUT2D eigenvalue weighted by atomic mass is 9.67. The van der Waals surface area contributed by atoms with E-state index in [0.717, 1.165) is 6.42 Å². The Hall–Kier alpha value is -2.26. The van der Waals surface area contributed by atoms with Gasteiger partial charge in [-0.25, -0.2) is 0 Å². The van der Waals surface area contributed by atoms with Crippen LogP contribution in [0.15, 0.2) is 77.9 Å². The van der Waals surface area contributed by atoms with Crippen LogP contribution in [0.4, 0.5) is 0 Å². The minimum atomic E-state index is -0.0275. The van der Waals surface area contributed by atoms with Crippen molar-refractivity contribution in [1.82, 2.24) is 0 Å². The highest BCUT2D eigenvalue weighted by Crippen LogP contribution is 2.42. The monoisotopic (exact) mass is 384 g/mol. The summed E-state index contributed by atoms with van der Waals surface area (Å²) in [6, 6.07) is 10.8. The van der Waals surface area contributed by atoms with Crippen LogP contribution >= 0.6 is 0 Å². The molecule has 0 aliphatic heterocycles. The smallest absolute Gasteiger partial charge is 0.0368 e. The molecule has 0 aliphatic rings. The molecule has 0 radical (unpaired) electrons. The highest BCUT2D eigenvalue weighted by atomic mass is 14.4. The molecule has 0 spiro atoms. The lowest BCUT2D eigenvalue weighted by Gasteiger charge is -2.36. The fourth-order valence-electron chi connectivity index (χ4n) is 3.02. The van der Waals surface area contributed by atoms with Crippen LogP contribution in [0.3, 0.4) is 0 Å². The molecule has 0 heteroatoms. The quantitative estimate of drug-likeness (QED) is 0.338. The molecule has 0 N–H and O–H groups in total. The molecular formula is C28H48. The zero-order valence-corrected chi connectivity index (χ0v) is 17.2. The van der Waals surface area contributed by atoms with Gasteiger partial charge < -0.3 is 0 Å². The van der Waals surface area contributed by atoms with Crippen LogP contribution < -0.4 is 0 Å². The maximum absolute atomic E-state index is 4.00. The van der Waals surface area contributed by atoms with Gasteiger partial charge in [-0.3, -0.25) is 0 Å². The Balaban J connectivity index is -0.000000236. The second kappa shape index (κ2) is 22.8. The molecule has 0 bridgehead atoms. The molecular weight excluding hydrogens is 336 g/mol. The summed E-state index contributed by atoms with van der Waals surface area (Å²) in [7, 11) is 0. The first-order valence-corrected chi connectivity index (χ1v) is 9.12. The van der Waals surface area contributed by atoms with Crippen molar-refractivity contribution in [2.24, 2.45) is 0 Å². The van der Waals surface area contributed by atoms with Gasteiger partial charge in [-0.2, -0.15) is 0 Å². The van der Waals surface area contributed by atoms with Gasteiger partial charge in [0.25, 0.3) is 0 Å². The molecule has 0 saturated heterocycles. The van der Waals surface area contributed by atoms with Gasteiger partial charge in [0.05, 0.1) is 0 Å². The van der Waals surface area contributed by atoms with Crippen LogP contribution in [0.2, 0.25) is 0 Å². The topological polar surface area (TPSA) is 0 Å². The average molecular weight is 385 g/mol. The molecule has 0 fully saturated rings. The normalized spacial score (nSPS) is 12.8. The van der Waals surface area contributed by atoms with Gasteiger partial charge in [0.15, 0.2) is 0 Å². The number of allylic oxidation sites excluding steroid dienone is 8. The van der Waals surface area contributed by atoms with E-state index in [0.29, 0.717) is 0 Å². The Morgan fingerprint density at radius 1 is 0.821 bits per heavy atom. The fourth-order valence-corrected chi connectivity index (χ4v) is 3.02. The van der Waals surface area contributed by atoms with Crippen LogP contribution in [0.1, 0.15) is 82.7 Å². The summed E-state index contributed by atoms with van der Waals surface area (Å²) in [6.45, 7) is 14.9. The van der Waals surface area contributed by atoms with Crippen LogP contribution in [0.5, 0.6) is 0 Å². The van der Waals surface area contributed by atoms with E-state index in [9.17, 15) is 0 Å². The van der Waals surface area contributed by atoms with Gasteiger partial charge >= 0.3 is 0 Å². The third kappa shape index (κ3) is 10.2. The van der Waals surface area contributed by atoms with Crippen molar-refractivity contribution in [2.45, 2.75) is 82.6 Å². The summed E-state index contributed by atoms with van der Waals surface area (Å²) in [5.74, 6) is 0. The molecule has 28 heavy (non-hydrogen) atoms. The van der Waals surface area contributed by atoms with Crippen molar-refractivity contribution in [1.29, 1.82) is 0 Å². The Bertz CT molecular complexity index is 549. The van der Waals surface area contributed by atoms with E-state index >= 15 is 0 Å². The van der Waals surface area contributed by atoms with Gasteiger partial charge in [-0.15, -0.1) is 12.8 Å². The summed E-state index contributed by atoms with van der Waals surface area (Å²) in [4.78, 5) is 0. The Morgan fingerprint density at radius 3 is 1.46 bits per heavy atom. The fraction of sp³-hybridized carbons (Fsp3) is 0.429. The largest absolute Gasteiger partial charge is 0.124 e. The van der Waals surface area contributed by atoms with E-state index in [1.807, 2.05) is 13.8 Å². The van der Waals surface area contributed by atoms with Crippen LogP contribution in [-0.2, 0) is 5.41 Å². The molecule has 0 nitrogen and oxygen atoms in total. The third-order valence-electron chi connectivity index (χ3n) is 4.22. The molecule has 0 unspecified atom stereocenters. The van der Waals surface area contributed by atoms with E-state index in [1.165, 1.54) is 16.7 Å². The summed E-state index contributed by atoms with van der Waals surface area (Å²) < 4.78 is 0. The van der Waals surface area contributed by atoms with E-state index in [1.54, 1.807) is 0 Å². The molecule has 0 atom stereocenters. The summed E-state index contributed by atoms with van der Waals surface area (Å²) in [5, 5.41) is 0. The first-order chi connectivity index (χ1) is 12.1. The molecule has 0 aromatic heterocycles. The maximum Gasteiger partial charge on any atom is 0.0368 e. The summed E-state index contributed by atoms with van der Waals surface area (Å²) in [6.07, 6.45) is 22.0. The standard InChI is InChI=1S/C21H28.C2H6.C2H2.3CH4/c1-6-9-14-18(4)21(8-3,19(5)15-10-7-2)20-16-12-11-13-17-20;2*1-2;;;/h6-7,9-17H,8H2,1-5H3;1-2H3;1-2H;3*1H4/b9-6-,10-7-,18-14+,19-15+;;;;;. The zero-order valence-electron chi connectivity index (χ0n) is 17.2. The van der Waals surface area contributed by atoms with E-state index in [-0.39, 0.29) is 27.7 Å². The van der Waals surface area contributed by atoms with E-state index in [4.69, 9.17) is 0 Å². The van der Waals surface area contributed by atoms with Crippen molar-refractivity contribution >= 4 is 0 Å². The van der Waals surface area contributed by atoms with Crippen LogP contribution in [-0.4, -0.2) is 0 Å². The molecule has 0 amide bonds. The lowest BCUT2D eigenvalue weighted by molar-refractivity contribution is 0.566. The van der Waals surface area contributed by atoms with Gasteiger partial charge in [0.1, 0.15) is 0 Å². The van der Waals surface area contributed by atoms with Crippen molar-refractivity contribution < 1.29 is 0 Å². The number of terminal acetylenes is 1. The van der Waals surface area contributed by atoms with E-state index < -0.39 is 0 Å². The van der Waals surface area contributed by atoms with Crippen molar-refractivity contribution in [3.63, 3.8) is 0 Å². The summed E-state index contributed by atoms with van der Waals surface area (Å²) >= 11 is 0. The van der Waals surface area contributed by atoms with Crippen molar-refractivity contribution in [3.8, 4) is 12.8 Å². The lowest BCUT2D eigenvalue weighted by Crippen LogP contribution is -2.28. The van der Waals surface area contributed by atoms with Gasteiger partial charge in [0.2, 0.25) is 0 Å². The molecule has 160 valence electrons.